The van der Waals surface area contributed by atoms with Crippen molar-refractivity contribution < 1.29 is 31.5 Å². The zero-order valence-corrected chi connectivity index (χ0v) is 17.9. The minimum atomic E-state index is -4.79. The Kier molecular flexibility index (Phi) is 6.44. The highest BCUT2D eigenvalue weighted by Crippen LogP contribution is 2.41. The Morgan fingerprint density at radius 1 is 1.26 bits per heavy atom. The molecule has 2 aromatic rings. The molecule has 0 radical (unpaired) electrons. The summed E-state index contributed by atoms with van der Waals surface area (Å²) in [6.07, 6.45) is -4.79. The number of alkyl halides is 3. The van der Waals surface area contributed by atoms with E-state index in [4.69, 9.17) is 14.9 Å². The number of nitrogens with two attached hydrogens (primary N) is 1. The van der Waals surface area contributed by atoms with Crippen molar-refractivity contribution in [1.29, 1.82) is 0 Å². The number of hydrogen-bond donors (Lipinski definition) is 2. The van der Waals surface area contributed by atoms with Crippen LogP contribution in [0.4, 0.5) is 23.2 Å². The first-order valence-electron chi connectivity index (χ1n) is 8.89. The second-order valence-electron chi connectivity index (χ2n) is 7.38. The lowest BCUT2D eigenvalue weighted by Crippen LogP contribution is -2.60. The Bertz CT molecular complexity index is 1040. The number of ether oxygens (including phenoxy) is 1. The standard InChI is InChI=1S/C19H20F4N4O3.ClH/c1-9-14(25-10(2)30-9)15(28)26-11-5-6-13(20)12(7-11)17(3)8-29-18(4,16(24)27-17)19(21,22)23;/h5-7H,8H2,1-4H3,(H2,24,27)(H,26,28);1H/t17-,18+;/m0./s1. The summed E-state index contributed by atoms with van der Waals surface area (Å²) in [4.78, 5) is 20.3. The Balaban J connectivity index is 0.00000341. The molecule has 0 aliphatic carbocycles. The van der Waals surface area contributed by atoms with Gasteiger partial charge in [0, 0.05) is 18.2 Å². The Morgan fingerprint density at radius 3 is 2.42 bits per heavy atom. The van der Waals surface area contributed by atoms with E-state index in [2.05, 4.69) is 15.3 Å². The van der Waals surface area contributed by atoms with Gasteiger partial charge in [0.2, 0.25) is 5.60 Å². The minimum absolute atomic E-state index is 0. The predicted molar refractivity (Wildman–Crippen MR) is 107 cm³/mol. The molecule has 7 nitrogen and oxygen atoms in total. The predicted octanol–water partition coefficient (Wildman–Crippen LogP) is 4.03. The van der Waals surface area contributed by atoms with Gasteiger partial charge >= 0.3 is 6.18 Å². The molecular formula is C19H21ClF4N4O3. The van der Waals surface area contributed by atoms with Gasteiger partial charge in [0.05, 0.1) is 6.61 Å². The zero-order chi connectivity index (χ0) is 22.5. The van der Waals surface area contributed by atoms with Gasteiger partial charge in [-0.05, 0) is 39.0 Å². The van der Waals surface area contributed by atoms with E-state index >= 15 is 0 Å². The molecule has 0 unspecified atom stereocenters. The topological polar surface area (TPSA) is 103 Å². The van der Waals surface area contributed by atoms with Crippen molar-refractivity contribution in [3.8, 4) is 0 Å². The summed E-state index contributed by atoms with van der Waals surface area (Å²) in [6.45, 7) is 4.74. The number of amides is 1. The Hall–Kier alpha value is -2.66. The number of nitrogens with one attached hydrogen (secondary N) is 1. The number of amidine groups is 1. The highest BCUT2D eigenvalue weighted by atomic mass is 35.5. The van der Waals surface area contributed by atoms with Crippen molar-refractivity contribution in [2.75, 3.05) is 11.9 Å². The molecule has 1 aliphatic heterocycles. The first-order valence-corrected chi connectivity index (χ1v) is 8.89. The second kappa shape index (κ2) is 8.12. The van der Waals surface area contributed by atoms with Gasteiger partial charge in [-0.15, -0.1) is 12.4 Å². The number of benzene rings is 1. The molecule has 0 fully saturated rings. The molecule has 0 saturated carbocycles. The molecule has 0 saturated heterocycles. The van der Waals surface area contributed by atoms with E-state index in [0.29, 0.717) is 11.7 Å². The molecule has 31 heavy (non-hydrogen) atoms. The van der Waals surface area contributed by atoms with Gasteiger partial charge in [-0.3, -0.25) is 9.79 Å². The number of aromatic nitrogens is 1. The van der Waals surface area contributed by atoms with Gasteiger partial charge in [-0.2, -0.15) is 13.2 Å². The maximum atomic E-state index is 14.6. The summed E-state index contributed by atoms with van der Waals surface area (Å²) in [5.41, 5.74) is 1.45. The Labute approximate surface area is 181 Å². The van der Waals surface area contributed by atoms with Crippen LogP contribution in [0.2, 0.25) is 0 Å². The van der Waals surface area contributed by atoms with Crippen LogP contribution in [0.1, 0.15) is 41.6 Å². The molecule has 3 N–H and O–H groups in total. The van der Waals surface area contributed by atoms with Crippen LogP contribution in [0.15, 0.2) is 27.6 Å². The average molecular weight is 465 g/mol. The van der Waals surface area contributed by atoms with Crippen molar-refractivity contribution in [2.45, 2.75) is 45.0 Å². The van der Waals surface area contributed by atoms with Gasteiger partial charge in [-0.25, -0.2) is 9.37 Å². The molecule has 0 bridgehead atoms. The number of aliphatic imine (C=N–C) groups is 1. The molecular weight excluding hydrogens is 444 g/mol. The molecule has 1 amide bonds. The van der Waals surface area contributed by atoms with Crippen LogP contribution in [0.25, 0.3) is 0 Å². The quantitative estimate of drug-likeness (QED) is 0.668. The normalized spacial score (nSPS) is 23.7. The van der Waals surface area contributed by atoms with Crippen LogP contribution in [-0.2, 0) is 10.3 Å². The summed E-state index contributed by atoms with van der Waals surface area (Å²) in [7, 11) is 0. The maximum Gasteiger partial charge on any atom is 0.424 e. The molecule has 1 aromatic carbocycles. The van der Waals surface area contributed by atoms with E-state index < -0.39 is 41.5 Å². The third-order valence-electron chi connectivity index (χ3n) is 4.96. The fourth-order valence-corrected chi connectivity index (χ4v) is 3.07. The zero-order valence-electron chi connectivity index (χ0n) is 17.1. The highest BCUT2D eigenvalue weighted by molar-refractivity contribution is 6.03. The summed E-state index contributed by atoms with van der Waals surface area (Å²) in [5, 5.41) is 2.56. The van der Waals surface area contributed by atoms with Crippen molar-refractivity contribution in [3.63, 3.8) is 0 Å². The smallest absolute Gasteiger partial charge is 0.424 e. The van der Waals surface area contributed by atoms with E-state index in [-0.39, 0.29) is 29.4 Å². The van der Waals surface area contributed by atoms with Gasteiger partial charge in [-0.1, -0.05) is 0 Å². The van der Waals surface area contributed by atoms with Gasteiger partial charge in [0.1, 0.15) is 23.0 Å². The first kappa shape index (κ1) is 24.6. The van der Waals surface area contributed by atoms with E-state index in [9.17, 15) is 22.4 Å². The monoisotopic (exact) mass is 464 g/mol. The fraction of sp³-hybridized carbons (Fsp3) is 0.421. The number of carbonyl (C=O) groups excluding carboxylic acids is 1. The summed E-state index contributed by atoms with van der Waals surface area (Å²) < 4.78 is 64.7. The molecule has 2 heterocycles. The third-order valence-corrected chi connectivity index (χ3v) is 4.96. The van der Waals surface area contributed by atoms with Crippen LogP contribution in [0.3, 0.4) is 0 Å². The third kappa shape index (κ3) is 4.38. The average Bonchev–Trinajstić information content (AvgIpc) is 2.97. The largest absolute Gasteiger partial charge is 0.445 e. The van der Waals surface area contributed by atoms with Crippen LogP contribution in [0.5, 0.6) is 0 Å². The van der Waals surface area contributed by atoms with E-state index in [1.807, 2.05) is 0 Å². The lowest BCUT2D eigenvalue weighted by atomic mass is 9.89. The molecule has 1 aromatic heterocycles. The van der Waals surface area contributed by atoms with Gasteiger partial charge in [0.15, 0.2) is 11.6 Å². The number of rotatable bonds is 3. The number of oxazole rings is 1. The number of aryl methyl sites for hydroxylation is 2. The molecule has 1 aliphatic rings. The van der Waals surface area contributed by atoms with Gasteiger partial charge < -0.3 is 20.2 Å². The van der Waals surface area contributed by atoms with Crippen molar-refractivity contribution in [3.05, 3.63) is 46.9 Å². The summed E-state index contributed by atoms with van der Waals surface area (Å²) in [6, 6.07) is 3.64. The molecule has 3 rings (SSSR count). The van der Waals surface area contributed by atoms with Crippen LogP contribution in [0, 0.1) is 19.7 Å². The van der Waals surface area contributed by atoms with Crippen LogP contribution in [-0.4, -0.2) is 35.1 Å². The SMILES string of the molecule is Cc1nc(C(=O)Nc2ccc(F)c([C@]3(C)CO[C@@](C)(C(F)(F)F)C(N)=N3)c2)c(C)o1.Cl. The number of carbonyl (C=O) groups is 1. The lowest BCUT2D eigenvalue weighted by molar-refractivity contribution is -0.249. The van der Waals surface area contributed by atoms with Crippen LogP contribution < -0.4 is 11.1 Å². The second-order valence-corrected chi connectivity index (χ2v) is 7.38. The maximum absolute atomic E-state index is 14.6. The molecule has 170 valence electrons. The number of halogens is 5. The minimum Gasteiger partial charge on any atom is -0.445 e. The number of hydrogen-bond acceptors (Lipinski definition) is 6. The number of nitrogens with zero attached hydrogens (tertiary/aromatic N) is 2. The van der Waals surface area contributed by atoms with Gasteiger partial charge in [0.25, 0.3) is 5.91 Å². The lowest BCUT2D eigenvalue weighted by Gasteiger charge is -2.41. The highest BCUT2D eigenvalue weighted by Gasteiger charge is 2.59. The number of anilines is 1. The van der Waals surface area contributed by atoms with E-state index in [1.54, 1.807) is 13.8 Å². The Morgan fingerprint density at radius 2 is 1.90 bits per heavy atom. The molecule has 12 heteroatoms. The van der Waals surface area contributed by atoms with E-state index in [0.717, 1.165) is 13.0 Å². The summed E-state index contributed by atoms with van der Waals surface area (Å²) >= 11 is 0. The summed E-state index contributed by atoms with van der Waals surface area (Å²) in [5.74, 6) is -1.52. The molecule has 2 atom stereocenters. The molecule has 0 spiro atoms. The van der Waals surface area contributed by atoms with Crippen LogP contribution >= 0.6 is 12.4 Å². The van der Waals surface area contributed by atoms with E-state index in [1.165, 1.54) is 19.1 Å². The van der Waals surface area contributed by atoms with Crippen molar-refractivity contribution in [1.82, 2.24) is 4.98 Å². The fourth-order valence-electron chi connectivity index (χ4n) is 3.07. The van der Waals surface area contributed by atoms with Crippen molar-refractivity contribution in [2.24, 2.45) is 10.7 Å². The van der Waals surface area contributed by atoms with Crippen molar-refractivity contribution >= 4 is 29.8 Å². The first-order chi connectivity index (χ1) is 13.8.